The molecule has 0 spiro atoms. The average molecular weight is 407 g/mol. The summed E-state index contributed by atoms with van der Waals surface area (Å²) in [5.74, 6) is 0.510. The van der Waals surface area contributed by atoms with Gasteiger partial charge in [0.25, 0.3) is 5.91 Å². The van der Waals surface area contributed by atoms with E-state index in [4.69, 9.17) is 4.42 Å². The highest BCUT2D eigenvalue weighted by Gasteiger charge is 2.31. The van der Waals surface area contributed by atoms with Crippen molar-refractivity contribution in [2.24, 2.45) is 0 Å². The Bertz CT molecular complexity index is 956. The van der Waals surface area contributed by atoms with Gasteiger partial charge in [-0.05, 0) is 41.6 Å². The molecule has 0 unspecified atom stereocenters. The molecule has 0 saturated heterocycles. The number of anilines is 1. The molecule has 0 radical (unpaired) electrons. The van der Waals surface area contributed by atoms with Gasteiger partial charge in [-0.15, -0.1) is 16.9 Å². The Morgan fingerprint density at radius 3 is 2.57 bits per heavy atom. The smallest absolute Gasteiger partial charge is 0.407 e. The summed E-state index contributed by atoms with van der Waals surface area (Å²) in [5, 5.41) is 9.90. The van der Waals surface area contributed by atoms with Gasteiger partial charge < -0.3 is 4.42 Å². The van der Waals surface area contributed by atoms with Gasteiger partial charge in [-0.25, -0.2) is 0 Å². The van der Waals surface area contributed by atoms with E-state index in [-0.39, 0.29) is 17.5 Å². The monoisotopic (exact) mass is 407 g/mol. The van der Waals surface area contributed by atoms with E-state index in [1.54, 1.807) is 11.8 Å². The van der Waals surface area contributed by atoms with E-state index in [0.29, 0.717) is 6.42 Å². The molecule has 1 N–H and O–H groups in total. The van der Waals surface area contributed by atoms with Crippen LogP contribution in [-0.4, -0.2) is 21.9 Å². The normalized spacial score (nSPS) is 11.4. The molecule has 0 atom stereocenters. The number of halogens is 3. The van der Waals surface area contributed by atoms with Crippen molar-refractivity contribution in [3.63, 3.8) is 0 Å². The molecule has 2 aromatic carbocycles. The number of nitrogens with zero attached hydrogens (tertiary/aromatic N) is 2. The molecule has 3 rings (SSSR count). The summed E-state index contributed by atoms with van der Waals surface area (Å²) in [7, 11) is 0. The summed E-state index contributed by atoms with van der Waals surface area (Å²) >= 11 is 1.73. The van der Waals surface area contributed by atoms with Gasteiger partial charge in [0.2, 0.25) is 5.89 Å². The third-order valence-corrected chi connectivity index (χ3v) is 4.62. The number of aromatic nitrogens is 2. The van der Waals surface area contributed by atoms with Crippen molar-refractivity contribution >= 4 is 23.7 Å². The third kappa shape index (κ3) is 5.13. The highest BCUT2D eigenvalue weighted by atomic mass is 32.2. The van der Waals surface area contributed by atoms with E-state index in [9.17, 15) is 18.0 Å². The first-order chi connectivity index (χ1) is 13.3. The maximum Gasteiger partial charge on any atom is 0.416 e. The minimum Gasteiger partial charge on any atom is -0.407 e. The fourth-order valence-corrected chi connectivity index (χ4v) is 3.09. The largest absolute Gasteiger partial charge is 0.416 e. The van der Waals surface area contributed by atoms with Crippen LogP contribution in [0.25, 0.3) is 0 Å². The number of carbonyl (C=O) groups is 1. The Morgan fingerprint density at radius 2 is 1.89 bits per heavy atom. The van der Waals surface area contributed by atoms with Gasteiger partial charge >= 0.3 is 12.2 Å². The van der Waals surface area contributed by atoms with Crippen LogP contribution < -0.4 is 5.32 Å². The van der Waals surface area contributed by atoms with Crippen LogP contribution in [0.4, 0.5) is 19.2 Å². The van der Waals surface area contributed by atoms with Crippen LogP contribution in [-0.2, 0) is 12.6 Å². The average Bonchev–Trinajstić information content (AvgIpc) is 3.10. The zero-order chi connectivity index (χ0) is 20.1. The molecule has 1 heterocycles. The summed E-state index contributed by atoms with van der Waals surface area (Å²) in [6, 6.07) is 11.8. The lowest BCUT2D eigenvalue weighted by atomic mass is 10.1. The molecule has 0 bridgehead atoms. The summed E-state index contributed by atoms with van der Waals surface area (Å²) in [6.07, 6.45) is -4.15. The van der Waals surface area contributed by atoms with Crippen molar-refractivity contribution in [2.45, 2.75) is 24.4 Å². The number of thioether (sulfide) groups is 1. The van der Waals surface area contributed by atoms with Crippen LogP contribution in [0.5, 0.6) is 0 Å². The van der Waals surface area contributed by atoms with E-state index in [1.807, 2.05) is 24.3 Å². The Balaban J connectivity index is 1.65. The Labute approximate surface area is 163 Å². The number of alkyl halides is 3. The standard InChI is InChI=1S/C19H16F3N3O2S/c1-2-28-15-8-6-12(7-9-15)10-16-24-25-18(27-16)23-17(26)13-4-3-5-14(11-13)19(20,21)22/h3-9,11H,2,10H2,1H3,(H,23,25,26). The van der Waals surface area contributed by atoms with Crippen molar-refractivity contribution in [1.29, 1.82) is 0 Å². The molecule has 0 aliphatic carbocycles. The van der Waals surface area contributed by atoms with Gasteiger partial charge in [-0.2, -0.15) is 13.2 Å². The quantitative estimate of drug-likeness (QED) is 0.580. The van der Waals surface area contributed by atoms with Crippen LogP contribution in [0.15, 0.2) is 57.8 Å². The van der Waals surface area contributed by atoms with Crippen LogP contribution >= 0.6 is 11.8 Å². The second-order valence-corrected chi connectivity index (χ2v) is 7.12. The molecule has 3 aromatic rings. The highest BCUT2D eigenvalue weighted by molar-refractivity contribution is 7.99. The van der Waals surface area contributed by atoms with Gasteiger partial charge in [0, 0.05) is 10.5 Å². The van der Waals surface area contributed by atoms with Crippen molar-refractivity contribution in [3.8, 4) is 0 Å². The first kappa shape index (κ1) is 19.9. The second kappa shape index (κ2) is 8.47. The molecule has 5 nitrogen and oxygen atoms in total. The van der Waals surface area contributed by atoms with Crippen LogP contribution in [0, 0.1) is 0 Å². The van der Waals surface area contributed by atoms with Gasteiger partial charge in [0.1, 0.15) is 0 Å². The number of benzene rings is 2. The predicted molar refractivity (Wildman–Crippen MR) is 99.3 cm³/mol. The zero-order valence-corrected chi connectivity index (χ0v) is 15.6. The number of hydrogen-bond donors (Lipinski definition) is 1. The van der Waals surface area contributed by atoms with Crippen LogP contribution in [0.2, 0.25) is 0 Å². The van der Waals surface area contributed by atoms with E-state index in [0.717, 1.165) is 34.4 Å². The fraction of sp³-hybridized carbons (Fsp3) is 0.211. The molecule has 28 heavy (non-hydrogen) atoms. The van der Waals surface area contributed by atoms with Gasteiger partial charge in [-0.1, -0.05) is 30.2 Å². The van der Waals surface area contributed by atoms with E-state index in [1.165, 1.54) is 6.07 Å². The molecule has 0 fully saturated rings. The lowest BCUT2D eigenvalue weighted by molar-refractivity contribution is -0.137. The third-order valence-electron chi connectivity index (χ3n) is 3.73. The molecule has 9 heteroatoms. The molecular formula is C19H16F3N3O2S. The van der Waals surface area contributed by atoms with E-state index >= 15 is 0 Å². The van der Waals surface area contributed by atoms with Gasteiger partial charge in [-0.3, -0.25) is 10.1 Å². The van der Waals surface area contributed by atoms with Crippen LogP contribution in [0.1, 0.15) is 34.3 Å². The number of carbonyl (C=O) groups excluding carboxylic acids is 1. The van der Waals surface area contributed by atoms with E-state index < -0.39 is 17.6 Å². The Morgan fingerprint density at radius 1 is 1.14 bits per heavy atom. The molecule has 1 aromatic heterocycles. The summed E-state index contributed by atoms with van der Waals surface area (Å²) < 4.78 is 43.7. The molecule has 146 valence electrons. The maximum absolute atomic E-state index is 12.8. The highest BCUT2D eigenvalue weighted by Crippen LogP contribution is 2.29. The predicted octanol–water partition coefficient (Wildman–Crippen LogP) is 5.04. The van der Waals surface area contributed by atoms with Crippen LogP contribution in [0.3, 0.4) is 0 Å². The second-order valence-electron chi connectivity index (χ2n) is 5.79. The molecule has 0 aliphatic rings. The van der Waals surface area contributed by atoms with Crippen molar-refractivity contribution < 1.29 is 22.4 Å². The lowest BCUT2D eigenvalue weighted by Gasteiger charge is -2.07. The summed E-state index contributed by atoms with van der Waals surface area (Å²) in [4.78, 5) is 13.3. The Kier molecular flexibility index (Phi) is 6.03. The fourth-order valence-electron chi connectivity index (χ4n) is 2.43. The minimum atomic E-state index is -4.53. The van der Waals surface area contributed by atoms with Crippen molar-refractivity contribution in [1.82, 2.24) is 10.2 Å². The lowest BCUT2D eigenvalue weighted by Crippen LogP contribution is -2.14. The Hall–Kier alpha value is -2.81. The van der Waals surface area contributed by atoms with Crippen molar-refractivity contribution in [2.75, 3.05) is 11.1 Å². The number of hydrogen-bond acceptors (Lipinski definition) is 5. The summed E-state index contributed by atoms with van der Waals surface area (Å²) in [5.41, 5.74) is -0.102. The van der Waals surface area contributed by atoms with Crippen molar-refractivity contribution in [3.05, 3.63) is 71.1 Å². The first-order valence-electron chi connectivity index (χ1n) is 8.38. The maximum atomic E-state index is 12.8. The number of amides is 1. The number of nitrogens with one attached hydrogen (secondary N) is 1. The molecule has 1 amide bonds. The minimum absolute atomic E-state index is 0.154. The van der Waals surface area contributed by atoms with Gasteiger partial charge in [0.05, 0.1) is 12.0 Å². The topological polar surface area (TPSA) is 68.0 Å². The van der Waals surface area contributed by atoms with E-state index in [2.05, 4.69) is 22.4 Å². The van der Waals surface area contributed by atoms with Gasteiger partial charge in [0.15, 0.2) is 0 Å². The summed E-state index contributed by atoms with van der Waals surface area (Å²) in [6.45, 7) is 2.08. The first-order valence-corrected chi connectivity index (χ1v) is 9.36. The SMILES string of the molecule is CCSc1ccc(Cc2nnc(NC(=O)c3cccc(C(F)(F)F)c3)o2)cc1. The molecular weight excluding hydrogens is 391 g/mol. The molecule has 0 saturated carbocycles. The zero-order valence-electron chi connectivity index (χ0n) is 14.8. The molecule has 0 aliphatic heterocycles. The number of rotatable bonds is 6.